The number of amides is 1. The molecule has 0 spiro atoms. The molecule has 1 aromatic carbocycles. The normalized spacial score (nSPS) is 17.6. The molecule has 9 nitrogen and oxygen atoms in total. The maximum Gasteiger partial charge on any atom is 0.490 e. The van der Waals surface area contributed by atoms with Crippen LogP contribution in [0.25, 0.3) is 10.4 Å². The van der Waals surface area contributed by atoms with E-state index in [0.717, 1.165) is 47.4 Å². The maximum absolute atomic E-state index is 13.3. The summed E-state index contributed by atoms with van der Waals surface area (Å²) < 4.78 is 59.9. The van der Waals surface area contributed by atoms with Crippen molar-refractivity contribution in [2.24, 2.45) is 11.7 Å². The molecule has 0 radical (unpaired) electrons. The minimum absolute atomic E-state index is 0.0354. The van der Waals surface area contributed by atoms with Crippen molar-refractivity contribution in [1.29, 1.82) is 0 Å². The smallest absolute Gasteiger partial charge is 0.475 e. The van der Waals surface area contributed by atoms with E-state index < -0.39 is 22.2 Å². The van der Waals surface area contributed by atoms with Crippen LogP contribution >= 0.6 is 11.3 Å². The van der Waals surface area contributed by atoms with Crippen molar-refractivity contribution in [3.63, 3.8) is 0 Å². The Hall–Kier alpha value is -2.55. The number of halogens is 3. The Balaban J connectivity index is 0.000000505. The molecule has 4 N–H and O–H groups in total. The molecule has 2 aromatic rings. The molecule has 1 saturated heterocycles. The van der Waals surface area contributed by atoms with E-state index in [1.54, 1.807) is 6.07 Å². The second-order valence-electron chi connectivity index (χ2n) is 9.43. The van der Waals surface area contributed by atoms with Gasteiger partial charge in [0.1, 0.15) is 0 Å². The number of anilines is 1. The van der Waals surface area contributed by atoms with Crippen molar-refractivity contribution in [1.82, 2.24) is 9.29 Å². The SMILES string of the molecule is Cc1ccc(-c2sc(NC(=O)C3CCCC3)nc2C)cc1S(=O)(=O)N1CCC(N)CC1.O=C(O)C(F)(F)F. The number of carboxylic acid groups (broad SMARTS) is 1. The number of piperidine rings is 1. The standard InChI is InChI=1S/C22H30N4O3S2.C2HF3O2/c1-14-7-8-17(13-19(14)31(28,29)26-11-9-18(23)10-12-26)20-15(2)24-22(30-20)25-21(27)16-5-3-4-6-16;3-2(4,5)1(6)7/h7-8,13,16,18H,3-6,9-12,23H2,1-2H3,(H,24,25,27);(H,6,7). The number of carbonyl (C=O) groups excluding carboxylic acids is 1. The third-order valence-electron chi connectivity index (χ3n) is 6.56. The summed E-state index contributed by atoms with van der Waals surface area (Å²) >= 11 is 1.39. The first-order chi connectivity index (χ1) is 17.7. The Morgan fingerprint density at radius 3 is 2.26 bits per heavy atom. The fourth-order valence-electron chi connectivity index (χ4n) is 4.39. The van der Waals surface area contributed by atoms with E-state index in [-0.39, 0.29) is 17.9 Å². The molecule has 1 saturated carbocycles. The molecule has 1 aliphatic heterocycles. The van der Waals surface area contributed by atoms with Crippen LogP contribution in [-0.4, -0.2) is 60.0 Å². The van der Waals surface area contributed by atoms with Gasteiger partial charge in [0.05, 0.1) is 15.5 Å². The number of hydrogen-bond acceptors (Lipinski definition) is 7. The number of rotatable bonds is 5. The van der Waals surface area contributed by atoms with Gasteiger partial charge in [-0.2, -0.15) is 17.5 Å². The van der Waals surface area contributed by atoms with Gasteiger partial charge in [0.25, 0.3) is 0 Å². The lowest BCUT2D eigenvalue weighted by Crippen LogP contribution is -2.42. The third kappa shape index (κ3) is 7.30. The van der Waals surface area contributed by atoms with Gasteiger partial charge in [-0.3, -0.25) is 4.79 Å². The van der Waals surface area contributed by atoms with E-state index in [1.165, 1.54) is 15.6 Å². The summed E-state index contributed by atoms with van der Waals surface area (Å²) in [6.07, 6.45) is 0.340. The van der Waals surface area contributed by atoms with Crippen LogP contribution < -0.4 is 11.1 Å². The van der Waals surface area contributed by atoms with Crippen LogP contribution in [0.2, 0.25) is 0 Å². The van der Waals surface area contributed by atoms with Crippen LogP contribution in [0.4, 0.5) is 18.3 Å². The number of carbonyl (C=O) groups is 2. The van der Waals surface area contributed by atoms with Gasteiger partial charge in [0, 0.05) is 25.0 Å². The number of benzene rings is 1. The van der Waals surface area contributed by atoms with Gasteiger partial charge >= 0.3 is 12.1 Å². The lowest BCUT2D eigenvalue weighted by Gasteiger charge is -2.29. The molecular weight excluding hydrogens is 545 g/mol. The molecule has 0 atom stereocenters. The van der Waals surface area contributed by atoms with Crippen molar-refractivity contribution in [3.05, 3.63) is 29.5 Å². The van der Waals surface area contributed by atoms with E-state index >= 15 is 0 Å². The average molecular weight is 577 g/mol. The van der Waals surface area contributed by atoms with Crippen LogP contribution in [0, 0.1) is 19.8 Å². The summed E-state index contributed by atoms with van der Waals surface area (Å²) in [5.41, 5.74) is 8.24. The molecule has 210 valence electrons. The van der Waals surface area contributed by atoms with Crippen LogP contribution in [0.1, 0.15) is 49.8 Å². The number of nitrogens with zero attached hydrogens (tertiary/aromatic N) is 2. The zero-order valence-corrected chi connectivity index (χ0v) is 22.7. The molecule has 0 unspecified atom stereocenters. The highest BCUT2D eigenvalue weighted by molar-refractivity contribution is 7.89. The first-order valence-electron chi connectivity index (χ1n) is 12.1. The monoisotopic (exact) mass is 576 g/mol. The molecule has 2 heterocycles. The highest BCUT2D eigenvalue weighted by Gasteiger charge is 2.38. The van der Waals surface area contributed by atoms with Gasteiger partial charge in [0.15, 0.2) is 5.13 Å². The second-order valence-corrected chi connectivity index (χ2v) is 12.3. The number of alkyl halides is 3. The summed E-state index contributed by atoms with van der Waals surface area (Å²) in [7, 11) is -3.59. The quantitative estimate of drug-likeness (QED) is 0.482. The second kappa shape index (κ2) is 12.1. The lowest BCUT2D eigenvalue weighted by molar-refractivity contribution is -0.192. The number of aromatic nitrogens is 1. The molecule has 1 aliphatic carbocycles. The molecular formula is C24H31F3N4O5S2. The van der Waals surface area contributed by atoms with Crippen molar-refractivity contribution in [3.8, 4) is 10.4 Å². The Morgan fingerprint density at radius 1 is 1.13 bits per heavy atom. The first kappa shape index (κ1) is 30.0. The van der Waals surface area contributed by atoms with Gasteiger partial charge in [-0.05, 0) is 56.7 Å². The van der Waals surface area contributed by atoms with Crippen LogP contribution in [0.3, 0.4) is 0 Å². The molecule has 4 rings (SSSR count). The maximum atomic E-state index is 13.3. The van der Waals surface area contributed by atoms with Gasteiger partial charge in [-0.15, -0.1) is 0 Å². The topological polar surface area (TPSA) is 143 Å². The van der Waals surface area contributed by atoms with Crippen LogP contribution in [0.15, 0.2) is 23.1 Å². The summed E-state index contributed by atoms with van der Waals surface area (Å²) in [6.45, 7) is 4.60. The Labute approximate surface area is 223 Å². The molecule has 2 aliphatic rings. The van der Waals surface area contributed by atoms with Crippen molar-refractivity contribution in [2.45, 2.75) is 69.5 Å². The van der Waals surface area contributed by atoms with Crippen LogP contribution in [0.5, 0.6) is 0 Å². The van der Waals surface area contributed by atoms with Crippen LogP contribution in [-0.2, 0) is 19.6 Å². The van der Waals surface area contributed by atoms with E-state index in [2.05, 4.69) is 10.3 Å². The Kier molecular flexibility index (Phi) is 9.55. The van der Waals surface area contributed by atoms with Gasteiger partial charge in [-0.1, -0.05) is 36.3 Å². The molecule has 1 aromatic heterocycles. The van der Waals surface area contributed by atoms with Gasteiger partial charge in [-0.25, -0.2) is 18.2 Å². The molecule has 0 bridgehead atoms. The van der Waals surface area contributed by atoms with Crippen molar-refractivity contribution >= 4 is 38.4 Å². The van der Waals surface area contributed by atoms with Gasteiger partial charge < -0.3 is 16.2 Å². The van der Waals surface area contributed by atoms with E-state index in [4.69, 9.17) is 15.6 Å². The van der Waals surface area contributed by atoms with Gasteiger partial charge in [0.2, 0.25) is 15.9 Å². The number of aryl methyl sites for hydroxylation is 2. The predicted octanol–water partition coefficient (Wildman–Crippen LogP) is 4.30. The summed E-state index contributed by atoms with van der Waals surface area (Å²) in [6, 6.07) is 5.57. The third-order valence-corrected chi connectivity index (χ3v) is 9.72. The minimum atomic E-state index is -5.08. The van der Waals surface area contributed by atoms with Crippen molar-refractivity contribution in [2.75, 3.05) is 18.4 Å². The zero-order valence-electron chi connectivity index (χ0n) is 21.0. The highest BCUT2D eigenvalue weighted by Crippen LogP contribution is 2.36. The number of sulfonamides is 1. The predicted molar refractivity (Wildman–Crippen MR) is 137 cm³/mol. The largest absolute Gasteiger partial charge is 0.490 e. The Morgan fingerprint density at radius 2 is 1.71 bits per heavy atom. The number of carboxylic acids is 1. The Bertz CT molecular complexity index is 1270. The highest BCUT2D eigenvalue weighted by atomic mass is 32.2. The molecule has 1 amide bonds. The van der Waals surface area contributed by atoms with E-state index in [0.29, 0.717) is 36.0 Å². The fourth-order valence-corrected chi connectivity index (χ4v) is 7.07. The molecule has 14 heteroatoms. The number of nitrogens with one attached hydrogen (secondary N) is 1. The number of aliphatic carboxylic acids is 1. The summed E-state index contributed by atoms with van der Waals surface area (Å²) in [5, 5.41) is 10.7. The lowest BCUT2D eigenvalue weighted by atomic mass is 10.1. The minimum Gasteiger partial charge on any atom is -0.475 e. The summed E-state index contributed by atoms with van der Waals surface area (Å²) in [4.78, 5) is 27.1. The first-order valence-corrected chi connectivity index (χ1v) is 14.4. The van der Waals surface area contributed by atoms with Crippen molar-refractivity contribution < 1.29 is 36.3 Å². The van der Waals surface area contributed by atoms with E-state index in [1.807, 2.05) is 26.0 Å². The van der Waals surface area contributed by atoms with E-state index in [9.17, 15) is 26.4 Å². The number of thiazole rings is 1. The molecule has 38 heavy (non-hydrogen) atoms. The number of hydrogen-bond donors (Lipinski definition) is 3. The summed E-state index contributed by atoms with van der Waals surface area (Å²) in [5.74, 6) is -2.65. The zero-order chi connectivity index (χ0) is 28.3. The fraction of sp³-hybridized carbons (Fsp3) is 0.542. The number of nitrogens with two attached hydrogens (primary N) is 1. The molecule has 2 fully saturated rings. The average Bonchev–Trinajstić information content (AvgIpc) is 3.49.